The summed E-state index contributed by atoms with van der Waals surface area (Å²) >= 11 is 0. The summed E-state index contributed by atoms with van der Waals surface area (Å²) in [5.41, 5.74) is 0.743. The minimum Gasteiger partial charge on any atom is -0.382 e. The first-order chi connectivity index (χ1) is 14.1. The summed E-state index contributed by atoms with van der Waals surface area (Å²) < 4.78 is 7.95. The van der Waals surface area contributed by atoms with Crippen LogP contribution >= 0.6 is 0 Å². The predicted octanol–water partition coefficient (Wildman–Crippen LogP) is 1.75. The van der Waals surface area contributed by atoms with Crippen LogP contribution in [-0.4, -0.2) is 34.8 Å². The lowest BCUT2D eigenvalue weighted by Crippen LogP contribution is -2.44. The lowest BCUT2D eigenvalue weighted by Gasteiger charge is -2.15. The van der Waals surface area contributed by atoms with Crippen molar-refractivity contribution in [2.45, 2.75) is 26.4 Å². The highest BCUT2D eigenvalue weighted by atomic mass is 16.5. The molecule has 0 saturated heterocycles. The maximum absolute atomic E-state index is 12.8. The van der Waals surface area contributed by atoms with Crippen molar-refractivity contribution in [3.63, 3.8) is 0 Å². The number of hydrogen-bond donors (Lipinski definition) is 1. The fraction of sp³-hybridized carbons (Fsp3) is 0.318. The monoisotopic (exact) mass is 395 g/mol. The van der Waals surface area contributed by atoms with Gasteiger partial charge in [0.15, 0.2) is 0 Å². The van der Waals surface area contributed by atoms with Crippen molar-refractivity contribution in [2.24, 2.45) is 0 Å². The van der Waals surface area contributed by atoms with E-state index in [1.165, 1.54) is 9.13 Å². The predicted molar refractivity (Wildman–Crippen MR) is 112 cm³/mol. The molecule has 1 N–H and O–H groups in total. The summed E-state index contributed by atoms with van der Waals surface area (Å²) in [4.78, 5) is 37.9. The van der Waals surface area contributed by atoms with Gasteiger partial charge in [0.1, 0.15) is 6.54 Å². The normalized spacial score (nSPS) is 10.9. The number of nitrogens with zero attached hydrogens (tertiary/aromatic N) is 2. The number of hydrogen-bond acceptors (Lipinski definition) is 4. The molecule has 0 radical (unpaired) electrons. The topological polar surface area (TPSA) is 82.3 Å². The Morgan fingerprint density at radius 2 is 1.55 bits per heavy atom. The molecule has 2 aromatic carbocycles. The Morgan fingerprint density at radius 1 is 0.931 bits per heavy atom. The smallest absolute Gasteiger partial charge is 0.317 e. The Bertz CT molecular complexity index is 1090. The molecule has 0 atom stereocenters. The van der Waals surface area contributed by atoms with Gasteiger partial charge in [0.2, 0.25) is 5.91 Å². The van der Waals surface area contributed by atoms with E-state index >= 15 is 0 Å². The van der Waals surface area contributed by atoms with Crippen LogP contribution in [0.2, 0.25) is 0 Å². The lowest BCUT2D eigenvalue weighted by molar-refractivity contribution is -0.121. The standard InChI is InChI=1S/C22H25N3O4/c1-2-29-14-8-13-23-20(26)16-25-19-12-7-6-11-18(19)24(21(27)22(25)28)15-17-9-4-3-5-10-17/h3-7,9-12H,2,8,13-16H2,1H3,(H,23,26). The average Bonchev–Trinajstić information content (AvgIpc) is 2.75. The molecule has 29 heavy (non-hydrogen) atoms. The fourth-order valence-electron chi connectivity index (χ4n) is 3.20. The van der Waals surface area contributed by atoms with Gasteiger partial charge in [0.05, 0.1) is 17.6 Å². The van der Waals surface area contributed by atoms with E-state index in [1.54, 1.807) is 18.2 Å². The number of carbonyl (C=O) groups is 1. The third kappa shape index (κ3) is 5.00. The van der Waals surface area contributed by atoms with Crippen LogP contribution in [0.5, 0.6) is 0 Å². The molecular weight excluding hydrogens is 370 g/mol. The van der Waals surface area contributed by atoms with E-state index in [1.807, 2.05) is 43.3 Å². The molecule has 3 aromatic rings. The minimum atomic E-state index is -0.705. The quantitative estimate of drug-likeness (QED) is 0.442. The van der Waals surface area contributed by atoms with Gasteiger partial charge >= 0.3 is 11.1 Å². The van der Waals surface area contributed by atoms with Gasteiger partial charge in [-0.3, -0.25) is 23.5 Å². The van der Waals surface area contributed by atoms with Crippen LogP contribution in [0.25, 0.3) is 11.0 Å². The number of nitrogens with one attached hydrogen (secondary N) is 1. The van der Waals surface area contributed by atoms with E-state index < -0.39 is 11.1 Å². The van der Waals surface area contributed by atoms with Gasteiger partial charge in [-0.25, -0.2) is 0 Å². The number of para-hydroxylation sites is 2. The molecule has 7 nitrogen and oxygen atoms in total. The molecule has 1 heterocycles. The van der Waals surface area contributed by atoms with E-state index in [9.17, 15) is 14.4 Å². The molecule has 7 heteroatoms. The molecule has 0 aliphatic heterocycles. The summed E-state index contributed by atoms with van der Waals surface area (Å²) in [5, 5.41) is 2.77. The number of ether oxygens (including phenoxy) is 1. The highest BCUT2D eigenvalue weighted by Crippen LogP contribution is 2.12. The van der Waals surface area contributed by atoms with Crippen molar-refractivity contribution in [2.75, 3.05) is 19.8 Å². The second kappa shape index (κ2) is 9.84. The molecule has 0 aliphatic rings. The van der Waals surface area contributed by atoms with E-state index in [-0.39, 0.29) is 12.5 Å². The largest absolute Gasteiger partial charge is 0.382 e. The minimum absolute atomic E-state index is 0.199. The van der Waals surface area contributed by atoms with E-state index in [0.717, 1.165) is 5.56 Å². The molecular formula is C22H25N3O4. The first kappa shape index (κ1) is 20.5. The Balaban J connectivity index is 1.89. The summed E-state index contributed by atoms with van der Waals surface area (Å²) in [6.07, 6.45) is 0.688. The van der Waals surface area contributed by atoms with Gasteiger partial charge in [-0.1, -0.05) is 42.5 Å². The Hall–Kier alpha value is -3.19. The van der Waals surface area contributed by atoms with Gasteiger partial charge in [0, 0.05) is 19.8 Å². The van der Waals surface area contributed by atoms with Crippen molar-refractivity contribution in [3.8, 4) is 0 Å². The first-order valence-corrected chi connectivity index (χ1v) is 9.72. The molecule has 1 aromatic heterocycles. The fourth-order valence-corrected chi connectivity index (χ4v) is 3.20. The molecule has 0 bridgehead atoms. The van der Waals surface area contributed by atoms with E-state index in [0.29, 0.717) is 43.8 Å². The maximum atomic E-state index is 12.8. The van der Waals surface area contributed by atoms with Crippen LogP contribution in [0, 0.1) is 0 Å². The van der Waals surface area contributed by atoms with Gasteiger partial charge in [-0.2, -0.15) is 0 Å². The zero-order valence-electron chi connectivity index (χ0n) is 16.5. The summed E-state index contributed by atoms with van der Waals surface area (Å²) in [7, 11) is 0. The molecule has 0 unspecified atom stereocenters. The SMILES string of the molecule is CCOCCCNC(=O)Cn1c(=O)c(=O)n(Cc2ccccc2)c2ccccc21. The van der Waals surface area contributed by atoms with Crippen molar-refractivity contribution in [1.29, 1.82) is 0 Å². The molecule has 3 rings (SSSR count). The lowest BCUT2D eigenvalue weighted by atomic mass is 10.2. The van der Waals surface area contributed by atoms with Gasteiger partial charge in [-0.05, 0) is 31.0 Å². The van der Waals surface area contributed by atoms with Crippen molar-refractivity contribution >= 4 is 16.9 Å². The molecule has 0 aliphatic carbocycles. The molecule has 0 spiro atoms. The number of carbonyl (C=O) groups excluding carboxylic acids is 1. The first-order valence-electron chi connectivity index (χ1n) is 9.72. The van der Waals surface area contributed by atoms with E-state index in [2.05, 4.69) is 5.32 Å². The van der Waals surface area contributed by atoms with Gasteiger partial charge in [-0.15, -0.1) is 0 Å². The molecule has 1 amide bonds. The van der Waals surface area contributed by atoms with Crippen LogP contribution in [0.1, 0.15) is 18.9 Å². The van der Waals surface area contributed by atoms with Crippen molar-refractivity contribution in [3.05, 3.63) is 80.9 Å². The highest BCUT2D eigenvalue weighted by Gasteiger charge is 2.15. The van der Waals surface area contributed by atoms with Crippen molar-refractivity contribution < 1.29 is 9.53 Å². The summed E-state index contributed by atoms with van der Waals surface area (Å²) in [5.74, 6) is -0.311. The van der Waals surface area contributed by atoms with Gasteiger partial charge in [0.25, 0.3) is 0 Å². The number of benzene rings is 2. The summed E-state index contributed by atoms with van der Waals surface area (Å²) in [6.45, 7) is 3.66. The zero-order chi connectivity index (χ0) is 20.6. The zero-order valence-corrected chi connectivity index (χ0v) is 16.5. The Morgan fingerprint density at radius 3 is 2.24 bits per heavy atom. The highest BCUT2D eigenvalue weighted by molar-refractivity contribution is 5.80. The van der Waals surface area contributed by atoms with E-state index in [4.69, 9.17) is 4.74 Å². The maximum Gasteiger partial charge on any atom is 0.317 e. The van der Waals surface area contributed by atoms with Crippen LogP contribution in [0.15, 0.2) is 64.2 Å². The van der Waals surface area contributed by atoms with Crippen LogP contribution < -0.4 is 16.4 Å². The average molecular weight is 395 g/mol. The van der Waals surface area contributed by atoms with Crippen LogP contribution in [-0.2, 0) is 22.6 Å². The number of amides is 1. The van der Waals surface area contributed by atoms with Gasteiger partial charge < -0.3 is 10.1 Å². The number of aromatic nitrogens is 2. The second-order valence-electron chi connectivity index (χ2n) is 6.66. The molecule has 0 saturated carbocycles. The number of rotatable bonds is 9. The van der Waals surface area contributed by atoms with Crippen LogP contribution in [0.4, 0.5) is 0 Å². The number of fused-ring (bicyclic) bond motifs is 1. The molecule has 0 fully saturated rings. The third-order valence-corrected chi connectivity index (χ3v) is 4.61. The van der Waals surface area contributed by atoms with Crippen LogP contribution in [0.3, 0.4) is 0 Å². The summed E-state index contributed by atoms with van der Waals surface area (Å²) in [6, 6.07) is 16.6. The van der Waals surface area contributed by atoms with Crippen molar-refractivity contribution in [1.82, 2.24) is 14.5 Å². The Kier molecular flexibility index (Phi) is 6.97. The second-order valence-corrected chi connectivity index (χ2v) is 6.66. The Labute approximate surface area is 168 Å². The molecule has 152 valence electrons. The third-order valence-electron chi connectivity index (χ3n) is 4.61.